The van der Waals surface area contributed by atoms with Crippen LogP contribution < -0.4 is 20.1 Å². The van der Waals surface area contributed by atoms with E-state index in [0.717, 1.165) is 11.1 Å². The standard InChI is InChI=1S/C23H25Cl2N7O3/c1-3-27-23(31-26)32-6-7-34-15(11-32)12-35-21-10-19-16(9-20(21)33-2)22(29-13-28-19)30-14-4-5-17(24)18(25)8-14/h4-5,8-10,13,15,27H,3,6-7,11-12H2,1-2H3,(H,28,29,30). The Labute approximate surface area is 212 Å². The molecular formula is C23H25Cl2N7O3. The van der Waals surface area contributed by atoms with Crippen molar-refractivity contribution in [1.82, 2.24) is 20.2 Å². The van der Waals surface area contributed by atoms with Gasteiger partial charge in [0.05, 0.1) is 48.9 Å². The second-order valence-electron chi connectivity index (χ2n) is 7.70. The van der Waals surface area contributed by atoms with Crippen molar-refractivity contribution in [1.29, 1.82) is 0 Å². The van der Waals surface area contributed by atoms with Gasteiger partial charge in [-0.2, -0.15) is 0 Å². The van der Waals surface area contributed by atoms with Gasteiger partial charge in [-0.25, -0.2) is 14.9 Å². The Hall–Kier alpha value is -3.30. The number of fused-ring (bicyclic) bond motifs is 1. The molecule has 35 heavy (non-hydrogen) atoms. The van der Waals surface area contributed by atoms with Gasteiger partial charge in [0.2, 0.25) is 0 Å². The third kappa shape index (κ3) is 5.86. The first-order valence-corrected chi connectivity index (χ1v) is 11.8. The number of guanidine groups is 1. The van der Waals surface area contributed by atoms with E-state index < -0.39 is 0 Å². The van der Waals surface area contributed by atoms with Gasteiger partial charge in [0, 0.05) is 17.1 Å². The Kier molecular flexibility index (Phi) is 8.09. The number of hydrogen-bond donors (Lipinski definition) is 2. The van der Waals surface area contributed by atoms with Gasteiger partial charge < -0.3 is 29.8 Å². The maximum absolute atomic E-state index is 9.28. The lowest BCUT2D eigenvalue weighted by atomic mass is 10.2. The van der Waals surface area contributed by atoms with Crippen molar-refractivity contribution >= 4 is 51.6 Å². The minimum atomic E-state index is -0.225. The molecule has 1 fully saturated rings. The molecule has 0 spiro atoms. The van der Waals surface area contributed by atoms with Gasteiger partial charge in [0.1, 0.15) is 24.9 Å². The summed E-state index contributed by atoms with van der Waals surface area (Å²) in [5.41, 5.74) is 10.7. The minimum absolute atomic E-state index is 0.225. The van der Waals surface area contributed by atoms with E-state index in [1.807, 2.05) is 24.0 Å². The number of halogens is 2. The summed E-state index contributed by atoms with van der Waals surface area (Å²) in [5, 5.41) is 7.94. The van der Waals surface area contributed by atoms with Crippen LogP contribution in [0.4, 0.5) is 11.5 Å². The molecule has 0 amide bonds. The summed E-state index contributed by atoms with van der Waals surface area (Å²) < 4.78 is 17.5. The van der Waals surface area contributed by atoms with Crippen molar-refractivity contribution in [3.63, 3.8) is 0 Å². The lowest BCUT2D eigenvalue weighted by Crippen LogP contribution is -2.52. The van der Waals surface area contributed by atoms with Crippen molar-refractivity contribution in [2.24, 2.45) is 0 Å². The lowest BCUT2D eigenvalue weighted by Gasteiger charge is -2.29. The molecule has 1 atom stereocenters. The number of morpholine rings is 1. The van der Waals surface area contributed by atoms with Crippen LogP contribution in [0.2, 0.25) is 10.0 Å². The number of aromatic nitrogens is 2. The molecule has 0 saturated carbocycles. The van der Waals surface area contributed by atoms with Crippen LogP contribution in [-0.2, 0) is 4.74 Å². The van der Waals surface area contributed by atoms with Crippen molar-refractivity contribution in [3.05, 3.63) is 52.2 Å². The average molecular weight is 518 g/mol. The third-order valence-corrected chi connectivity index (χ3v) is 6.13. The smallest absolute Gasteiger partial charge is 0.425 e. The Morgan fingerprint density at radius 1 is 1.23 bits per heavy atom. The van der Waals surface area contributed by atoms with Crippen LogP contribution in [0.5, 0.6) is 11.5 Å². The zero-order chi connectivity index (χ0) is 24.8. The molecule has 12 heteroatoms. The third-order valence-electron chi connectivity index (χ3n) is 5.40. The fourth-order valence-electron chi connectivity index (χ4n) is 3.71. The van der Waals surface area contributed by atoms with Crippen LogP contribution in [0, 0.1) is 0 Å². The molecule has 2 N–H and O–H groups in total. The number of rotatable bonds is 7. The van der Waals surface area contributed by atoms with E-state index >= 15 is 0 Å². The Balaban J connectivity index is 1.52. The molecule has 3 aromatic rings. The summed E-state index contributed by atoms with van der Waals surface area (Å²) in [7, 11) is 1.57. The number of anilines is 2. The highest BCUT2D eigenvalue weighted by Gasteiger charge is 2.29. The second kappa shape index (κ2) is 11.4. The van der Waals surface area contributed by atoms with Crippen molar-refractivity contribution in [2.75, 3.05) is 45.3 Å². The van der Waals surface area contributed by atoms with Gasteiger partial charge >= 0.3 is 5.96 Å². The van der Waals surface area contributed by atoms with Crippen LogP contribution in [0.25, 0.3) is 16.4 Å². The zero-order valence-electron chi connectivity index (χ0n) is 19.3. The molecule has 0 radical (unpaired) electrons. The normalized spacial score (nSPS) is 15.4. The summed E-state index contributed by atoms with van der Waals surface area (Å²) in [5.74, 6) is 2.07. The molecule has 1 aromatic heterocycles. The minimum Gasteiger partial charge on any atom is -0.543 e. The highest BCUT2D eigenvalue weighted by Crippen LogP contribution is 2.35. The molecule has 10 nitrogen and oxygen atoms in total. The van der Waals surface area contributed by atoms with E-state index in [0.29, 0.717) is 65.1 Å². The van der Waals surface area contributed by atoms with Gasteiger partial charge in [-0.15, -0.1) is 0 Å². The number of benzene rings is 2. The Morgan fingerprint density at radius 2 is 2.09 bits per heavy atom. The van der Waals surface area contributed by atoms with E-state index in [1.165, 1.54) is 6.33 Å². The molecule has 0 aliphatic carbocycles. The Bertz CT molecular complexity index is 1250. The summed E-state index contributed by atoms with van der Waals surface area (Å²) in [6.45, 7) is 4.49. The van der Waals surface area contributed by atoms with Gasteiger partial charge in [0.25, 0.3) is 0 Å². The molecule has 184 valence electrons. The molecule has 4 rings (SSSR count). The molecule has 1 aliphatic heterocycles. The summed E-state index contributed by atoms with van der Waals surface area (Å²) in [6.07, 6.45) is 1.24. The molecule has 0 bridgehead atoms. The summed E-state index contributed by atoms with van der Waals surface area (Å²) >= 11 is 12.2. The SMILES string of the molecule is CCNC(=[N+]=[N-])N1CCOC(COc2cc3ncnc(Nc4ccc(Cl)c(Cl)c4)c3cc2OC)C1. The summed E-state index contributed by atoms with van der Waals surface area (Å²) in [6, 6.07) is 8.87. The van der Waals surface area contributed by atoms with E-state index in [2.05, 4.69) is 25.4 Å². The van der Waals surface area contributed by atoms with Gasteiger partial charge in [0.15, 0.2) is 11.5 Å². The second-order valence-corrected chi connectivity index (χ2v) is 8.51. The number of hydrogen-bond acceptors (Lipinski definition) is 6. The summed E-state index contributed by atoms with van der Waals surface area (Å²) in [4.78, 5) is 14.0. The first-order valence-electron chi connectivity index (χ1n) is 11.0. The van der Waals surface area contributed by atoms with Gasteiger partial charge in [-0.3, -0.25) is 5.32 Å². The molecular weight excluding hydrogens is 493 g/mol. The first-order chi connectivity index (χ1) is 17.0. The quantitative estimate of drug-likeness (QED) is 0.209. The number of methoxy groups -OCH3 is 1. The Morgan fingerprint density at radius 3 is 2.83 bits per heavy atom. The molecule has 2 aromatic carbocycles. The number of nitrogens with zero attached hydrogens (tertiary/aromatic N) is 5. The maximum Gasteiger partial charge on any atom is 0.425 e. The van der Waals surface area contributed by atoms with Crippen molar-refractivity contribution < 1.29 is 19.0 Å². The number of nitrogens with one attached hydrogen (secondary N) is 2. The highest BCUT2D eigenvalue weighted by atomic mass is 35.5. The van der Waals surface area contributed by atoms with Crippen LogP contribution in [0.1, 0.15) is 6.92 Å². The van der Waals surface area contributed by atoms with Crippen LogP contribution in [0.15, 0.2) is 36.7 Å². The molecule has 1 saturated heterocycles. The molecule has 1 aliphatic rings. The zero-order valence-corrected chi connectivity index (χ0v) is 20.8. The van der Waals surface area contributed by atoms with Crippen LogP contribution >= 0.6 is 23.2 Å². The van der Waals surface area contributed by atoms with Crippen LogP contribution in [-0.4, -0.2) is 71.7 Å². The van der Waals surface area contributed by atoms with E-state index in [4.69, 9.17) is 37.4 Å². The first kappa shape index (κ1) is 24.8. The fourth-order valence-corrected chi connectivity index (χ4v) is 4.01. The highest BCUT2D eigenvalue weighted by molar-refractivity contribution is 6.42. The largest absolute Gasteiger partial charge is 0.543 e. The lowest BCUT2D eigenvalue weighted by molar-refractivity contribution is -0.0663. The number of ether oxygens (including phenoxy) is 3. The van der Waals surface area contributed by atoms with E-state index in [9.17, 15) is 5.53 Å². The predicted octanol–water partition coefficient (Wildman–Crippen LogP) is 3.96. The van der Waals surface area contributed by atoms with Crippen molar-refractivity contribution in [2.45, 2.75) is 13.0 Å². The predicted molar refractivity (Wildman–Crippen MR) is 135 cm³/mol. The topological polar surface area (TPSA) is 117 Å². The van der Waals surface area contributed by atoms with Crippen LogP contribution in [0.3, 0.4) is 0 Å². The maximum atomic E-state index is 9.28. The van der Waals surface area contributed by atoms with Gasteiger partial charge in [-0.05, 0) is 31.2 Å². The van der Waals surface area contributed by atoms with Gasteiger partial charge in [-0.1, -0.05) is 23.2 Å². The average Bonchev–Trinajstić information content (AvgIpc) is 2.88. The molecule has 1 unspecified atom stereocenters. The fraction of sp³-hybridized carbons (Fsp3) is 0.348. The molecule has 2 heterocycles. The van der Waals surface area contributed by atoms with E-state index in [1.54, 1.807) is 25.3 Å². The van der Waals surface area contributed by atoms with E-state index in [-0.39, 0.29) is 12.7 Å². The monoisotopic (exact) mass is 517 g/mol. The van der Waals surface area contributed by atoms with Crippen molar-refractivity contribution in [3.8, 4) is 11.5 Å².